The molecule has 196 valence electrons. The molecule has 2 aliphatic rings. The zero-order valence-corrected chi connectivity index (χ0v) is 22.1. The van der Waals surface area contributed by atoms with Crippen molar-refractivity contribution in [1.82, 2.24) is 24.3 Å². The van der Waals surface area contributed by atoms with E-state index in [2.05, 4.69) is 83.6 Å². The van der Waals surface area contributed by atoms with Crippen molar-refractivity contribution in [1.29, 1.82) is 0 Å². The Bertz CT molecular complexity index is 1500. The summed E-state index contributed by atoms with van der Waals surface area (Å²) in [5, 5.41) is 3.39. The van der Waals surface area contributed by atoms with Gasteiger partial charge in [0.2, 0.25) is 5.91 Å². The van der Waals surface area contributed by atoms with Gasteiger partial charge < -0.3 is 24.0 Å². The maximum absolute atomic E-state index is 12.2. The minimum absolute atomic E-state index is 0.0276. The van der Waals surface area contributed by atoms with Crippen molar-refractivity contribution in [3.8, 4) is 17.3 Å². The third-order valence-electron chi connectivity index (χ3n) is 8.05. The van der Waals surface area contributed by atoms with Gasteiger partial charge in [-0.1, -0.05) is 49.0 Å². The Morgan fingerprint density at radius 3 is 2.58 bits per heavy atom. The van der Waals surface area contributed by atoms with E-state index in [1.807, 2.05) is 4.90 Å². The highest BCUT2D eigenvalue weighted by molar-refractivity contribution is 6.00. The number of carbonyl (C=O) groups is 1. The number of nitrogens with zero attached hydrogens (tertiary/aromatic N) is 6. The predicted molar refractivity (Wildman–Crippen MR) is 152 cm³/mol. The van der Waals surface area contributed by atoms with Crippen LogP contribution in [0.2, 0.25) is 0 Å². The van der Waals surface area contributed by atoms with Gasteiger partial charge in [0.15, 0.2) is 0 Å². The number of aromatic nitrogens is 3. The fraction of sp³-hybridized carbons (Fsp3) is 0.367. The Morgan fingerprint density at radius 2 is 1.82 bits per heavy atom. The number of carbonyl (C=O) groups excluding carboxylic acids is 1. The number of amides is 1. The molecule has 0 saturated carbocycles. The number of likely N-dealkylation sites (N-methyl/N-ethyl adjacent to an activating group) is 1. The molecule has 0 aliphatic carbocycles. The summed E-state index contributed by atoms with van der Waals surface area (Å²) in [4.78, 5) is 28.4. The highest BCUT2D eigenvalue weighted by atomic mass is 16.5. The second-order valence-corrected chi connectivity index (χ2v) is 10.3. The van der Waals surface area contributed by atoms with Crippen LogP contribution in [0.1, 0.15) is 12.8 Å². The summed E-state index contributed by atoms with van der Waals surface area (Å²) in [6.07, 6.45) is 3.70. The predicted octanol–water partition coefficient (Wildman–Crippen LogP) is 4.10. The molecule has 4 heterocycles. The Hall–Kier alpha value is -3.91. The summed E-state index contributed by atoms with van der Waals surface area (Å²) in [5.74, 6) is 0.831. The van der Waals surface area contributed by atoms with E-state index >= 15 is 0 Å². The van der Waals surface area contributed by atoms with Gasteiger partial charge in [0.05, 0.1) is 11.1 Å². The molecule has 38 heavy (non-hydrogen) atoms. The largest absolute Gasteiger partial charge is 0.462 e. The molecule has 2 aromatic carbocycles. The van der Waals surface area contributed by atoms with E-state index in [4.69, 9.17) is 14.7 Å². The molecule has 2 aromatic heterocycles. The van der Waals surface area contributed by atoms with Gasteiger partial charge in [-0.15, -0.1) is 0 Å². The fourth-order valence-electron chi connectivity index (χ4n) is 5.80. The molecule has 1 amide bonds. The Labute approximate surface area is 223 Å². The maximum Gasteiger partial charge on any atom is 0.320 e. The summed E-state index contributed by atoms with van der Waals surface area (Å²) in [5.41, 5.74) is 3.09. The van der Waals surface area contributed by atoms with Crippen molar-refractivity contribution in [3.05, 3.63) is 61.2 Å². The highest BCUT2D eigenvalue weighted by Crippen LogP contribution is 2.36. The zero-order valence-electron chi connectivity index (χ0n) is 22.1. The van der Waals surface area contributed by atoms with Crippen molar-refractivity contribution in [2.45, 2.75) is 18.9 Å². The van der Waals surface area contributed by atoms with Crippen LogP contribution in [0.3, 0.4) is 0 Å². The van der Waals surface area contributed by atoms with E-state index in [0.29, 0.717) is 44.8 Å². The van der Waals surface area contributed by atoms with Crippen LogP contribution < -0.4 is 9.64 Å². The van der Waals surface area contributed by atoms with Crippen molar-refractivity contribution in [2.75, 3.05) is 51.3 Å². The summed E-state index contributed by atoms with van der Waals surface area (Å²) in [6, 6.07) is 17.8. The fourth-order valence-corrected chi connectivity index (χ4v) is 5.80. The molecule has 8 nitrogen and oxygen atoms in total. The van der Waals surface area contributed by atoms with Crippen molar-refractivity contribution >= 4 is 33.5 Å². The minimum atomic E-state index is -0.0276. The van der Waals surface area contributed by atoms with E-state index in [1.165, 1.54) is 23.3 Å². The Balaban J connectivity index is 1.42. The number of aryl methyl sites for hydroxylation is 1. The van der Waals surface area contributed by atoms with Gasteiger partial charge in [0.1, 0.15) is 18.1 Å². The number of ether oxygens (including phenoxy) is 1. The maximum atomic E-state index is 12.2. The van der Waals surface area contributed by atoms with Crippen LogP contribution in [-0.4, -0.2) is 82.7 Å². The second-order valence-electron chi connectivity index (χ2n) is 10.3. The second kappa shape index (κ2) is 10.1. The first-order chi connectivity index (χ1) is 18.5. The first-order valence-corrected chi connectivity index (χ1v) is 13.4. The molecular formula is C30H34N6O2. The first kappa shape index (κ1) is 24.4. The number of rotatable bonds is 6. The highest BCUT2D eigenvalue weighted by Gasteiger charge is 2.26. The quantitative estimate of drug-likeness (QED) is 0.364. The van der Waals surface area contributed by atoms with Crippen LogP contribution in [-0.2, 0) is 11.8 Å². The third kappa shape index (κ3) is 4.39. The van der Waals surface area contributed by atoms with Gasteiger partial charge in [0, 0.05) is 44.8 Å². The van der Waals surface area contributed by atoms with Crippen molar-refractivity contribution in [2.24, 2.45) is 7.05 Å². The topological polar surface area (TPSA) is 66.7 Å². The van der Waals surface area contributed by atoms with Gasteiger partial charge in [-0.3, -0.25) is 4.79 Å². The van der Waals surface area contributed by atoms with Crippen LogP contribution >= 0.6 is 0 Å². The number of likely N-dealkylation sites (tertiary alicyclic amines) is 1. The van der Waals surface area contributed by atoms with Gasteiger partial charge in [-0.25, -0.2) is 0 Å². The van der Waals surface area contributed by atoms with Crippen LogP contribution in [0, 0.1) is 0 Å². The summed E-state index contributed by atoms with van der Waals surface area (Å²) in [7, 11) is 4.21. The molecule has 4 aromatic rings. The van der Waals surface area contributed by atoms with E-state index in [-0.39, 0.29) is 5.91 Å². The number of piperazine rings is 1. The number of fused-ring (bicyclic) bond motifs is 2. The normalized spacial score (nSPS) is 18.4. The van der Waals surface area contributed by atoms with E-state index in [9.17, 15) is 4.79 Å². The molecule has 0 N–H and O–H groups in total. The lowest BCUT2D eigenvalue weighted by atomic mass is 10.0. The lowest BCUT2D eigenvalue weighted by molar-refractivity contribution is -0.126. The zero-order chi connectivity index (χ0) is 26.2. The Morgan fingerprint density at radius 1 is 1.03 bits per heavy atom. The molecule has 2 fully saturated rings. The van der Waals surface area contributed by atoms with Crippen molar-refractivity contribution < 1.29 is 9.53 Å². The summed E-state index contributed by atoms with van der Waals surface area (Å²) < 4.78 is 8.38. The van der Waals surface area contributed by atoms with E-state index in [1.54, 1.807) is 0 Å². The molecule has 0 radical (unpaired) electrons. The van der Waals surface area contributed by atoms with Crippen LogP contribution in [0.5, 0.6) is 6.01 Å². The van der Waals surface area contributed by atoms with Gasteiger partial charge in [0.25, 0.3) is 0 Å². The Kier molecular flexibility index (Phi) is 6.49. The molecule has 1 atom stereocenters. The first-order valence-electron chi connectivity index (χ1n) is 13.4. The van der Waals surface area contributed by atoms with Gasteiger partial charge in [-0.2, -0.15) is 9.97 Å². The molecule has 6 rings (SSSR count). The van der Waals surface area contributed by atoms with E-state index < -0.39 is 0 Å². The summed E-state index contributed by atoms with van der Waals surface area (Å²) >= 11 is 0. The number of hydrogen-bond acceptors (Lipinski definition) is 6. The number of benzene rings is 2. The lowest BCUT2D eigenvalue weighted by Gasteiger charge is -2.35. The van der Waals surface area contributed by atoms with Crippen molar-refractivity contribution in [3.63, 3.8) is 0 Å². The lowest BCUT2D eigenvalue weighted by Crippen LogP contribution is -2.48. The molecule has 0 bridgehead atoms. The van der Waals surface area contributed by atoms with Gasteiger partial charge >= 0.3 is 6.01 Å². The average Bonchev–Trinajstić information content (AvgIpc) is 3.52. The smallest absolute Gasteiger partial charge is 0.320 e. The standard InChI is InChI=1S/C30H34N6O2/c1-4-27(37)35-15-17-36(18-16-35)29-25-19-26(24-13-7-10-21-9-5-6-12-23(21)24)34(3)28(25)31-30(32-29)38-20-22-11-8-14-33(22)2/h4-7,9-10,12-13,19,22H,1,8,11,14-18,20H2,2-3H3/t22-/m0/s1. The molecule has 0 spiro atoms. The SMILES string of the molecule is C=CC(=O)N1CCN(c2nc(OC[C@@H]3CCCN3C)nc3c2cc(-c2cccc4ccccc24)n3C)CC1. The van der Waals surface area contributed by atoms with Gasteiger partial charge in [-0.05, 0) is 49.3 Å². The van der Waals surface area contributed by atoms with E-state index in [0.717, 1.165) is 41.1 Å². The van der Waals surface area contributed by atoms with Crippen LogP contribution in [0.15, 0.2) is 61.2 Å². The number of anilines is 1. The molecule has 8 heteroatoms. The molecule has 2 saturated heterocycles. The minimum Gasteiger partial charge on any atom is -0.462 e. The molecular weight excluding hydrogens is 476 g/mol. The van der Waals surface area contributed by atoms with Crippen LogP contribution in [0.4, 0.5) is 5.82 Å². The monoisotopic (exact) mass is 510 g/mol. The molecule has 0 unspecified atom stereocenters. The number of hydrogen-bond donors (Lipinski definition) is 0. The third-order valence-corrected chi connectivity index (χ3v) is 8.05. The summed E-state index contributed by atoms with van der Waals surface area (Å²) in [6.45, 7) is 7.94. The molecule has 2 aliphatic heterocycles. The average molecular weight is 511 g/mol. The van der Waals surface area contributed by atoms with Crippen LogP contribution in [0.25, 0.3) is 33.1 Å².